The first kappa shape index (κ1) is 14.9. The maximum absolute atomic E-state index is 5.25. The lowest BCUT2D eigenvalue weighted by molar-refractivity contribution is 0.414. The van der Waals surface area contributed by atoms with E-state index in [2.05, 4.69) is 48.2 Å². The van der Waals surface area contributed by atoms with Gasteiger partial charge in [0.25, 0.3) is 0 Å². The maximum Gasteiger partial charge on any atom is 0.118 e. The highest BCUT2D eigenvalue weighted by molar-refractivity contribution is 5.45. The van der Waals surface area contributed by atoms with Gasteiger partial charge >= 0.3 is 0 Å². The van der Waals surface area contributed by atoms with Gasteiger partial charge < -0.3 is 4.74 Å². The summed E-state index contributed by atoms with van der Waals surface area (Å²) in [4.78, 5) is 0. The number of hydrogen-bond donors (Lipinski definition) is 0. The molecule has 0 unspecified atom stereocenters. The maximum atomic E-state index is 5.25. The van der Waals surface area contributed by atoms with Crippen LogP contribution in [0.2, 0.25) is 0 Å². The minimum atomic E-state index is 0.0438. The van der Waals surface area contributed by atoms with Crippen molar-refractivity contribution in [2.24, 2.45) is 0 Å². The highest BCUT2D eigenvalue weighted by atomic mass is 16.5. The van der Waals surface area contributed by atoms with Crippen LogP contribution in [-0.4, -0.2) is 7.11 Å². The lowest BCUT2D eigenvalue weighted by Gasteiger charge is -2.12. The molecule has 0 spiro atoms. The van der Waals surface area contributed by atoms with E-state index in [-0.39, 0.29) is 5.92 Å². The summed E-state index contributed by atoms with van der Waals surface area (Å²) < 4.78 is 5.25. The van der Waals surface area contributed by atoms with Crippen LogP contribution in [0.1, 0.15) is 22.6 Å². The Bertz CT molecular complexity index is 793. The van der Waals surface area contributed by atoms with Crippen molar-refractivity contribution in [3.8, 4) is 17.6 Å². The van der Waals surface area contributed by atoms with Gasteiger partial charge in [0.05, 0.1) is 13.0 Å². The monoisotopic (exact) mass is 298 g/mol. The Morgan fingerprint density at radius 2 is 1.26 bits per heavy atom. The SMILES string of the molecule is COc1ccc([C@@H](C#Cc2ccccc2)c2ccccc2)cc1. The van der Waals surface area contributed by atoms with Crippen LogP contribution in [-0.2, 0) is 0 Å². The Morgan fingerprint density at radius 3 is 1.87 bits per heavy atom. The predicted molar refractivity (Wildman–Crippen MR) is 94.6 cm³/mol. The van der Waals surface area contributed by atoms with Gasteiger partial charge in [-0.2, -0.15) is 0 Å². The van der Waals surface area contributed by atoms with Crippen LogP contribution in [0.25, 0.3) is 0 Å². The second kappa shape index (κ2) is 7.33. The van der Waals surface area contributed by atoms with E-state index in [4.69, 9.17) is 4.74 Å². The van der Waals surface area contributed by atoms with Gasteiger partial charge in [-0.3, -0.25) is 0 Å². The zero-order valence-electron chi connectivity index (χ0n) is 13.1. The van der Waals surface area contributed by atoms with Gasteiger partial charge in [0.2, 0.25) is 0 Å². The topological polar surface area (TPSA) is 9.23 Å². The molecule has 0 saturated heterocycles. The van der Waals surface area contributed by atoms with Gasteiger partial charge in [-0.1, -0.05) is 72.5 Å². The average Bonchev–Trinajstić information content (AvgIpc) is 2.64. The summed E-state index contributed by atoms with van der Waals surface area (Å²) in [5, 5.41) is 0. The molecule has 3 aromatic carbocycles. The van der Waals surface area contributed by atoms with E-state index in [0.29, 0.717) is 0 Å². The fraction of sp³-hybridized carbons (Fsp3) is 0.0909. The summed E-state index contributed by atoms with van der Waals surface area (Å²) >= 11 is 0. The predicted octanol–water partition coefficient (Wildman–Crippen LogP) is 4.88. The van der Waals surface area contributed by atoms with Crippen LogP contribution in [0.4, 0.5) is 0 Å². The third-order valence-corrected chi connectivity index (χ3v) is 3.72. The van der Waals surface area contributed by atoms with E-state index < -0.39 is 0 Å². The molecule has 0 bridgehead atoms. The molecular weight excluding hydrogens is 280 g/mol. The zero-order chi connectivity index (χ0) is 15.9. The summed E-state index contributed by atoms with van der Waals surface area (Å²) in [5.41, 5.74) is 3.39. The summed E-state index contributed by atoms with van der Waals surface area (Å²) in [6.45, 7) is 0. The molecule has 0 amide bonds. The number of methoxy groups -OCH3 is 1. The first-order valence-corrected chi connectivity index (χ1v) is 7.62. The molecule has 0 fully saturated rings. The highest BCUT2D eigenvalue weighted by Crippen LogP contribution is 2.25. The largest absolute Gasteiger partial charge is 0.497 e. The van der Waals surface area contributed by atoms with Crippen molar-refractivity contribution < 1.29 is 4.74 Å². The minimum Gasteiger partial charge on any atom is -0.497 e. The quantitative estimate of drug-likeness (QED) is 0.626. The molecule has 1 atom stereocenters. The number of ether oxygens (including phenoxy) is 1. The first-order chi connectivity index (χ1) is 11.4. The van der Waals surface area contributed by atoms with Crippen LogP contribution < -0.4 is 4.74 Å². The van der Waals surface area contributed by atoms with Crippen LogP contribution in [0, 0.1) is 11.8 Å². The van der Waals surface area contributed by atoms with Crippen LogP contribution in [0.3, 0.4) is 0 Å². The zero-order valence-corrected chi connectivity index (χ0v) is 13.1. The number of hydrogen-bond acceptors (Lipinski definition) is 1. The summed E-state index contributed by atoms with van der Waals surface area (Å²) in [7, 11) is 1.68. The van der Waals surface area contributed by atoms with Crippen molar-refractivity contribution in [2.45, 2.75) is 5.92 Å². The molecule has 0 aliphatic rings. The van der Waals surface area contributed by atoms with Gasteiger partial charge in [0.15, 0.2) is 0 Å². The van der Waals surface area contributed by atoms with Crippen molar-refractivity contribution in [2.75, 3.05) is 7.11 Å². The average molecular weight is 298 g/mol. The third kappa shape index (κ3) is 3.81. The van der Waals surface area contributed by atoms with Gasteiger partial charge in [-0.05, 0) is 35.4 Å². The van der Waals surface area contributed by atoms with Gasteiger partial charge in [0.1, 0.15) is 5.75 Å². The van der Waals surface area contributed by atoms with Crippen molar-refractivity contribution in [3.63, 3.8) is 0 Å². The van der Waals surface area contributed by atoms with E-state index in [0.717, 1.165) is 11.3 Å². The molecule has 112 valence electrons. The Balaban J connectivity index is 1.99. The van der Waals surface area contributed by atoms with Crippen molar-refractivity contribution in [1.29, 1.82) is 0 Å². The van der Waals surface area contributed by atoms with Gasteiger partial charge in [-0.25, -0.2) is 0 Å². The van der Waals surface area contributed by atoms with Crippen molar-refractivity contribution in [3.05, 3.63) is 102 Å². The van der Waals surface area contributed by atoms with Gasteiger partial charge in [-0.15, -0.1) is 0 Å². The Morgan fingerprint density at radius 1 is 0.696 bits per heavy atom. The Labute approximate surface area is 137 Å². The highest BCUT2D eigenvalue weighted by Gasteiger charge is 2.11. The fourth-order valence-corrected chi connectivity index (χ4v) is 2.48. The second-order valence-corrected chi connectivity index (χ2v) is 5.25. The molecule has 0 heterocycles. The molecule has 1 nitrogen and oxygen atoms in total. The lowest BCUT2D eigenvalue weighted by Crippen LogP contribution is -1.98. The Hall–Kier alpha value is -2.98. The molecule has 0 radical (unpaired) electrons. The Kier molecular flexibility index (Phi) is 4.76. The third-order valence-electron chi connectivity index (χ3n) is 3.72. The molecule has 0 saturated carbocycles. The van der Waals surface area contributed by atoms with Crippen molar-refractivity contribution >= 4 is 0 Å². The summed E-state index contributed by atoms with van der Waals surface area (Å²) in [6, 6.07) is 28.6. The van der Waals surface area contributed by atoms with Crippen LogP contribution in [0.15, 0.2) is 84.9 Å². The normalized spacial score (nSPS) is 11.2. The molecule has 0 aliphatic heterocycles. The second-order valence-electron chi connectivity index (χ2n) is 5.25. The molecule has 3 aromatic rings. The van der Waals surface area contributed by atoms with Crippen molar-refractivity contribution in [1.82, 2.24) is 0 Å². The van der Waals surface area contributed by atoms with E-state index in [1.807, 2.05) is 48.5 Å². The first-order valence-electron chi connectivity index (χ1n) is 7.62. The van der Waals surface area contributed by atoms with Crippen LogP contribution >= 0.6 is 0 Å². The molecule has 0 aromatic heterocycles. The van der Waals surface area contributed by atoms with Crippen LogP contribution in [0.5, 0.6) is 5.75 Å². The molecular formula is C22H18O. The molecule has 3 rings (SSSR count). The molecule has 0 N–H and O–H groups in total. The number of rotatable bonds is 3. The number of benzene rings is 3. The standard InChI is InChI=1S/C22H18O/c1-23-21-15-13-20(14-16-21)22(19-10-6-3-7-11-19)17-12-18-8-4-2-5-9-18/h2-11,13-16,22H,1H3/t22-/m0/s1. The fourth-order valence-electron chi connectivity index (χ4n) is 2.48. The lowest BCUT2D eigenvalue weighted by atomic mass is 9.91. The molecule has 1 heteroatoms. The van der Waals surface area contributed by atoms with Gasteiger partial charge in [0, 0.05) is 5.56 Å². The van der Waals surface area contributed by atoms with E-state index in [1.54, 1.807) is 7.11 Å². The summed E-state index contributed by atoms with van der Waals surface area (Å²) in [5.74, 6) is 7.61. The molecule has 23 heavy (non-hydrogen) atoms. The minimum absolute atomic E-state index is 0.0438. The van der Waals surface area contributed by atoms with E-state index >= 15 is 0 Å². The smallest absolute Gasteiger partial charge is 0.118 e. The summed E-state index contributed by atoms with van der Waals surface area (Å²) in [6.07, 6.45) is 0. The van der Waals surface area contributed by atoms with E-state index in [1.165, 1.54) is 11.1 Å². The molecule has 0 aliphatic carbocycles. The van der Waals surface area contributed by atoms with E-state index in [9.17, 15) is 0 Å².